The monoisotopic (exact) mass is 468 g/mol. The number of nitrogens with one attached hydrogen (secondary N) is 3. The van der Waals surface area contributed by atoms with E-state index in [4.69, 9.17) is 23.2 Å². The van der Waals surface area contributed by atoms with Crippen molar-refractivity contribution in [1.29, 1.82) is 0 Å². The molecule has 162 valence electrons. The van der Waals surface area contributed by atoms with Crippen molar-refractivity contribution in [2.45, 2.75) is 6.92 Å². The highest BCUT2D eigenvalue weighted by atomic mass is 35.5. The SMILES string of the molecule is Cc1ccc(C(=O)Nc2c(Cl)cccc2Cl)cc1NC(=O)N(C)c1ncnc2[nH]ccc12. The van der Waals surface area contributed by atoms with E-state index >= 15 is 0 Å². The Balaban J connectivity index is 1.55. The molecule has 4 aromatic rings. The van der Waals surface area contributed by atoms with Crippen LogP contribution in [0, 0.1) is 6.92 Å². The van der Waals surface area contributed by atoms with Gasteiger partial charge in [0.2, 0.25) is 0 Å². The molecule has 10 heteroatoms. The zero-order valence-electron chi connectivity index (χ0n) is 17.1. The van der Waals surface area contributed by atoms with Crippen LogP contribution in [0.5, 0.6) is 0 Å². The number of aryl methyl sites for hydroxylation is 1. The molecule has 0 aliphatic carbocycles. The third kappa shape index (κ3) is 4.23. The highest BCUT2D eigenvalue weighted by Crippen LogP contribution is 2.30. The molecule has 0 unspecified atom stereocenters. The summed E-state index contributed by atoms with van der Waals surface area (Å²) in [5.41, 5.74) is 2.56. The average molecular weight is 469 g/mol. The van der Waals surface area contributed by atoms with Gasteiger partial charge in [-0.15, -0.1) is 0 Å². The maximum Gasteiger partial charge on any atom is 0.327 e. The molecule has 0 fully saturated rings. The number of aromatic amines is 1. The molecule has 0 aliphatic heterocycles. The van der Waals surface area contributed by atoms with Crippen LogP contribution < -0.4 is 15.5 Å². The zero-order valence-corrected chi connectivity index (χ0v) is 18.6. The Morgan fingerprint density at radius 1 is 1.03 bits per heavy atom. The second-order valence-electron chi connectivity index (χ2n) is 7.01. The number of para-hydroxylation sites is 1. The van der Waals surface area contributed by atoms with Gasteiger partial charge in [-0.2, -0.15) is 0 Å². The van der Waals surface area contributed by atoms with E-state index in [0.29, 0.717) is 43.8 Å². The Bertz CT molecular complexity index is 1320. The number of hydrogen-bond donors (Lipinski definition) is 3. The third-order valence-electron chi connectivity index (χ3n) is 4.90. The summed E-state index contributed by atoms with van der Waals surface area (Å²) in [7, 11) is 1.61. The second kappa shape index (κ2) is 8.86. The van der Waals surface area contributed by atoms with Crippen LogP contribution in [0.4, 0.5) is 22.0 Å². The van der Waals surface area contributed by atoms with E-state index in [1.807, 2.05) is 6.92 Å². The van der Waals surface area contributed by atoms with E-state index in [-0.39, 0.29) is 0 Å². The van der Waals surface area contributed by atoms with Crippen LogP contribution >= 0.6 is 23.2 Å². The van der Waals surface area contributed by atoms with Crippen LogP contribution in [-0.4, -0.2) is 33.9 Å². The van der Waals surface area contributed by atoms with E-state index in [2.05, 4.69) is 25.6 Å². The van der Waals surface area contributed by atoms with E-state index in [1.54, 1.807) is 55.7 Å². The van der Waals surface area contributed by atoms with Crippen LogP contribution in [-0.2, 0) is 0 Å². The molecule has 4 rings (SSSR count). The lowest BCUT2D eigenvalue weighted by molar-refractivity contribution is 0.102. The lowest BCUT2D eigenvalue weighted by atomic mass is 10.1. The van der Waals surface area contributed by atoms with Crippen molar-refractivity contribution >= 4 is 63.4 Å². The molecule has 2 heterocycles. The Kier molecular flexibility index (Phi) is 5.98. The first-order valence-corrected chi connectivity index (χ1v) is 10.3. The number of benzene rings is 2. The first-order chi connectivity index (χ1) is 15.3. The summed E-state index contributed by atoms with van der Waals surface area (Å²) in [6, 6.07) is 11.3. The van der Waals surface area contributed by atoms with Gasteiger partial charge >= 0.3 is 6.03 Å². The molecule has 3 amide bonds. The number of aromatic nitrogens is 3. The summed E-state index contributed by atoms with van der Waals surface area (Å²) in [4.78, 5) is 38.4. The molecule has 0 atom stereocenters. The van der Waals surface area contributed by atoms with E-state index in [1.165, 1.54) is 11.2 Å². The summed E-state index contributed by atoms with van der Waals surface area (Å²) in [5, 5.41) is 6.92. The summed E-state index contributed by atoms with van der Waals surface area (Å²) in [6.45, 7) is 1.83. The molecule has 8 nitrogen and oxygen atoms in total. The molecule has 2 aromatic heterocycles. The van der Waals surface area contributed by atoms with Crippen LogP contribution in [0.25, 0.3) is 11.0 Å². The zero-order chi connectivity index (χ0) is 22.8. The van der Waals surface area contributed by atoms with E-state index in [9.17, 15) is 9.59 Å². The van der Waals surface area contributed by atoms with Gasteiger partial charge in [-0.1, -0.05) is 35.3 Å². The highest BCUT2D eigenvalue weighted by molar-refractivity contribution is 6.40. The number of halogens is 2. The van der Waals surface area contributed by atoms with Gasteiger partial charge in [-0.3, -0.25) is 9.69 Å². The largest absolute Gasteiger partial charge is 0.346 e. The fourth-order valence-corrected chi connectivity index (χ4v) is 3.61. The molecule has 3 N–H and O–H groups in total. The summed E-state index contributed by atoms with van der Waals surface area (Å²) in [6.07, 6.45) is 3.11. The number of urea groups is 1. The lowest BCUT2D eigenvalue weighted by Gasteiger charge is -2.19. The minimum absolute atomic E-state index is 0.325. The Morgan fingerprint density at radius 3 is 2.53 bits per heavy atom. The molecular formula is C22H18Cl2N6O2. The number of amides is 3. The van der Waals surface area contributed by atoms with E-state index < -0.39 is 11.9 Å². The quantitative estimate of drug-likeness (QED) is 0.368. The van der Waals surface area contributed by atoms with Crippen LogP contribution in [0.2, 0.25) is 10.0 Å². The van der Waals surface area contributed by atoms with Crippen molar-refractivity contribution in [3.63, 3.8) is 0 Å². The normalized spacial score (nSPS) is 10.8. The highest BCUT2D eigenvalue weighted by Gasteiger charge is 2.18. The number of H-pyrrole nitrogens is 1. The van der Waals surface area contributed by atoms with Gasteiger partial charge in [0.15, 0.2) is 0 Å². The van der Waals surface area contributed by atoms with Crippen LogP contribution in [0.1, 0.15) is 15.9 Å². The lowest BCUT2D eigenvalue weighted by Crippen LogP contribution is -2.32. The molecule has 0 aliphatic rings. The minimum Gasteiger partial charge on any atom is -0.346 e. The van der Waals surface area contributed by atoms with Gasteiger partial charge < -0.3 is 15.6 Å². The molecule has 0 saturated carbocycles. The van der Waals surface area contributed by atoms with Crippen molar-refractivity contribution in [3.8, 4) is 0 Å². The fraction of sp³-hybridized carbons (Fsp3) is 0.0909. The second-order valence-corrected chi connectivity index (χ2v) is 7.82. The van der Waals surface area contributed by atoms with Gasteiger partial charge in [0, 0.05) is 24.5 Å². The number of fused-ring (bicyclic) bond motifs is 1. The Labute approximate surface area is 193 Å². The summed E-state index contributed by atoms with van der Waals surface area (Å²) >= 11 is 12.3. The molecule has 0 saturated heterocycles. The maximum atomic E-state index is 12.9. The molecular weight excluding hydrogens is 451 g/mol. The predicted octanol–water partition coefficient (Wildman–Crippen LogP) is 5.49. The summed E-state index contributed by atoms with van der Waals surface area (Å²) < 4.78 is 0. The Hall–Kier alpha value is -3.62. The topological polar surface area (TPSA) is 103 Å². The van der Waals surface area contributed by atoms with Gasteiger partial charge in [0.05, 0.1) is 21.1 Å². The molecule has 0 radical (unpaired) electrons. The Morgan fingerprint density at radius 2 is 1.78 bits per heavy atom. The minimum atomic E-state index is -0.416. The first-order valence-electron chi connectivity index (χ1n) is 9.54. The van der Waals surface area contributed by atoms with Crippen molar-refractivity contribution in [3.05, 3.63) is 76.2 Å². The van der Waals surface area contributed by atoms with Gasteiger partial charge in [-0.05, 0) is 42.8 Å². The third-order valence-corrected chi connectivity index (χ3v) is 5.53. The van der Waals surface area contributed by atoms with Crippen molar-refractivity contribution in [2.24, 2.45) is 0 Å². The first kappa shape index (κ1) is 21.6. The van der Waals surface area contributed by atoms with Crippen molar-refractivity contribution in [1.82, 2.24) is 15.0 Å². The predicted molar refractivity (Wildman–Crippen MR) is 127 cm³/mol. The van der Waals surface area contributed by atoms with Crippen molar-refractivity contribution < 1.29 is 9.59 Å². The molecule has 32 heavy (non-hydrogen) atoms. The number of hydrogen-bond acceptors (Lipinski definition) is 4. The van der Waals surface area contributed by atoms with E-state index in [0.717, 1.165) is 5.56 Å². The molecule has 0 bridgehead atoms. The van der Waals surface area contributed by atoms with Gasteiger partial charge in [0.1, 0.15) is 17.8 Å². The molecule has 2 aromatic carbocycles. The maximum absolute atomic E-state index is 12.9. The van der Waals surface area contributed by atoms with Crippen molar-refractivity contribution in [2.75, 3.05) is 22.6 Å². The molecule has 0 spiro atoms. The average Bonchev–Trinajstić information content (AvgIpc) is 3.26. The number of carbonyl (C=O) groups is 2. The standard InChI is InChI=1S/C22H18Cl2N6O2/c1-12-6-7-13(21(31)29-18-15(23)4-3-5-16(18)24)10-17(12)28-22(32)30(2)20-14-8-9-25-19(14)26-11-27-20/h3-11H,1-2H3,(H,28,32)(H,29,31)(H,25,26,27). The number of anilines is 3. The fourth-order valence-electron chi connectivity index (χ4n) is 3.12. The summed E-state index contributed by atoms with van der Waals surface area (Å²) in [5.74, 6) is 0.0438. The van der Waals surface area contributed by atoms with Crippen LogP contribution in [0.3, 0.4) is 0 Å². The number of carbonyl (C=O) groups excluding carboxylic acids is 2. The number of rotatable bonds is 4. The number of nitrogens with zero attached hydrogens (tertiary/aromatic N) is 3. The smallest absolute Gasteiger partial charge is 0.327 e. The van der Waals surface area contributed by atoms with Crippen LogP contribution in [0.15, 0.2) is 55.0 Å². The van der Waals surface area contributed by atoms with Gasteiger partial charge in [0.25, 0.3) is 5.91 Å². The van der Waals surface area contributed by atoms with Gasteiger partial charge in [-0.25, -0.2) is 14.8 Å².